The van der Waals surface area contributed by atoms with Gasteiger partial charge in [0.1, 0.15) is 0 Å². The molecule has 3 atom stereocenters. The lowest BCUT2D eigenvalue weighted by molar-refractivity contribution is -0.134. The Morgan fingerprint density at radius 2 is 1.89 bits per heavy atom. The summed E-state index contributed by atoms with van der Waals surface area (Å²) in [5, 5.41) is 0. The van der Waals surface area contributed by atoms with Gasteiger partial charge in [-0.15, -0.1) is 12.4 Å². The van der Waals surface area contributed by atoms with E-state index in [1.165, 1.54) is 25.7 Å². The lowest BCUT2D eigenvalue weighted by atomic mass is 9.82. The van der Waals surface area contributed by atoms with Gasteiger partial charge in [0.05, 0.1) is 0 Å². The maximum atomic E-state index is 12.4. The summed E-state index contributed by atoms with van der Waals surface area (Å²) in [6.07, 6.45) is 7.78. The second-order valence-corrected chi connectivity index (χ2v) is 6.45. The second kappa shape index (κ2) is 7.49. The number of amides is 1. The largest absolute Gasteiger partial charge is 0.339 e. The first-order valence-corrected chi connectivity index (χ1v) is 7.64. The number of rotatable bonds is 3. The maximum Gasteiger partial charge on any atom is 0.223 e. The summed E-state index contributed by atoms with van der Waals surface area (Å²) in [4.78, 5) is 14.6. The van der Waals surface area contributed by atoms with Crippen LogP contribution in [0.15, 0.2) is 0 Å². The summed E-state index contributed by atoms with van der Waals surface area (Å²) in [6, 6.07) is 0.722. The van der Waals surface area contributed by atoms with Crippen LogP contribution >= 0.6 is 12.4 Å². The molecule has 3 unspecified atom stereocenters. The third-order valence-corrected chi connectivity index (χ3v) is 4.79. The van der Waals surface area contributed by atoms with Gasteiger partial charge in [-0.1, -0.05) is 26.7 Å². The van der Waals surface area contributed by atoms with Gasteiger partial charge in [-0.3, -0.25) is 4.79 Å². The van der Waals surface area contributed by atoms with Crippen molar-refractivity contribution in [3.05, 3.63) is 0 Å². The zero-order valence-electron chi connectivity index (χ0n) is 12.3. The number of nitrogens with zero attached hydrogens (tertiary/aromatic N) is 1. The number of hydrogen-bond acceptors (Lipinski definition) is 2. The van der Waals surface area contributed by atoms with E-state index in [2.05, 4.69) is 18.7 Å². The number of carbonyl (C=O) groups is 1. The van der Waals surface area contributed by atoms with Crippen LogP contribution in [-0.2, 0) is 4.79 Å². The van der Waals surface area contributed by atoms with Crippen LogP contribution in [0.25, 0.3) is 0 Å². The smallest absolute Gasteiger partial charge is 0.223 e. The predicted molar refractivity (Wildman–Crippen MR) is 81.4 cm³/mol. The highest BCUT2D eigenvalue weighted by Crippen LogP contribution is 2.29. The third-order valence-electron chi connectivity index (χ3n) is 4.79. The van der Waals surface area contributed by atoms with E-state index in [4.69, 9.17) is 5.73 Å². The van der Waals surface area contributed by atoms with Gasteiger partial charge in [-0.25, -0.2) is 0 Å². The van der Waals surface area contributed by atoms with Crippen molar-refractivity contribution in [2.45, 2.75) is 70.9 Å². The fourth-order valence-corrected chi connectivity index (χ4v) is 3.63. The van der Waals surface area contributed by atoms with Gasteiger partial charge in [0.2, 0.25) is 5.91 Å². The molecule has 3 nitrogen and oxygen atoms in total. The first-order valence-electron chi connectivity index (χ1n) is 7.64. The zero-order valence-corrected chi connectivity index (χ0v) is 13.1. The molecule has 1 aliphatic heterocycles. The number of halogens is 1. The van der Waals surface area contributed by atoms with Crippen LogP contribution in [0.4, 0.5) is 0 Å². The fourth-order valence-electron chi connectivity index (χ4n) is 3.63. The molecule has 112 valence electrons. The van der Waals surface area contributed by atoms with Crippen molar-refractivity contribution in [3.63, 3.8) is 0 Å². The monoisotopic (exact) mass is 288 g/mol. The summed E-state index contributed by atoms with van der Waals surface area (Å²) in [6.45, 7) is 5.41. The van der Waals surface area contributed by atoms with E-state index >= 15 is 0 Å². The van der Waals surface area contributed by atoms with E-state index in [0.717, 1.165) is 19.4 Å². The molecule has 0 bridgehead atoms. The van der Waals surface area contributed by atoms with Crippen LogP contribution in [-0.4, -0.2) is 29.4 Å². The van der Waals surface area contributed by atoms with Crippen molar-refractivity contribution in [1.82, 2.24) is 4.90 Å². The molecule has 1 amide bonds. The van der Waals surface area contributed by atoms with Gasteiger partial charge in [-0.05, 0) is 37.5 Å². The Labute approximate surface area is 123 Å². The van der Waals surface area contributed by atoms with Crippen LogP contribution in [0.5, 0.6) is 0 Å². The molecule has 1 saturated carbocycles. The molecule has 1 aliphatic carbocycles. The van der Waals surface area contributed by atoms with Crippen LogP contribution in [0.2, 0.25) is 0 Å². The van der Waals surface area contributed by atoms with Gasteiger partial charge < -0.3 is 10.6 Å². The molecule has 2 fully saturated rings. The average Bonchev–Trinajstić information content (AvgIpc) is 2.81. The topological polar surface area (TPSA) is 46.3 Å². The van der Waals surface area contributed by atoms with Gasteiger partial charge in [0, 0.05) is 25.0 Å². The highest BCUT2D eigenvalue weighted by Gasteiger charge is 2.33. The van der Waals surface area contributed by atoms with Gasteiger partial charge in [0.25, 0.3) is 0 Å². The quantitative estimate of drug-likeness (QED) is 0.868. The molecule has 0 spiro atoms. The van der Waals surface area contributed by atoms with Crippen molar-refractivity contribution in [2.24, 2.45) is 17.6 Å². The molecule has 19 heavy (non-hydrogen) atoms. The highest BCUT2D eigenvalue weighted by atomic mass is 35.5. The molecule has 1 saturated heterocycles. The van der Waals surface area contributed by atoms with Crippen molar-refractivity contribution < 1.29 is 4.79 Å². The van der Waals surface area contributed by atoms with Crippen LogP contribution in [0.3, 0.4) is 0 Å². The normalized spacial score (nSPS) is 31.4. The summed E-state index contributed by atoms with van der Waals surface area (Å²) in [5.74, 6) is 1.37. The van der Waals surface area contributed by atoms with Crippen LogP contribution in [0.1, 0.15) is 58.8 Å². The van der Waals surface area contributed by atoms with Crippen LogP contribution in [0, 0.1) is 11.8 Å². The molecular formula is C15H29ClN2O. The summed E-state index contributed by atoms with van der Waals surface area (Å²) in [5.41, 5.74) is 6.15. The van der Waals surface area contributed by atoms with Gasteiger partial charge in [-0.2, -0.15) is 0 Å². The lowest BCUT2D eigenvalue weighted by Gasteiger charge is -2.32. The van der Waals surface area contributed by atoms with E-state index < -0.39 is 0 Å². The molecule has 0 aromatic carbocycles. The summed E-state index contributed by atoms with van der Waals surface area (Å²) < 4.78 is 0. The minimum Gasteiger partial charge on any atom is -0.339 e. The Kier molecular flexibility index (Phi) is 6.61. The molecule has 2 rings (SSSR count). The minimum absolute atomic E-state index is 0. The minimum atomic E-state index is 0. The third kappa shape index (κ3) is 4.09. The maximum absolute atomic E-state index is 12.4. The summed E-state index contributed by atoms with van der Waals surface area (Å²) >= 11 is 0. The molecule has 2 N–H and O–H groups in total. The first-order chi connectivity index (χ1) is 8.59. The standard InChI is InChI=1S/C15H28N2O.ClH/c1-11(2)14-8-5-9-17(14)15(18)10-12-6-3-4-7-13(12)16;/h11-14H,3-10,16H2,1-2H3;1H. The SMILES string of the molecule is CC(C)C1CCCN1C(=O)CC1CCCCC1N.Cl. The Bertz CT molecular complexity index is 296. The Balaban J connectivity index is 0.00000180. The number of hydrogen-bond donors (Lipinski definition) is 1. The van der Waals surface area contributed by atoms with Crippen molar-refractivity contribution in [2.75, 3.05) is 6.54 Å². The van der Waals surface area contributed by atoms with E-state index in [1.807, 2.05) is 0 Å². The van der Waals surface area contributed by atoms with Crippen molar-refractivity contribution in [3.8, 4) is 0 Å². The van der Waals surface area contributed by atoms with Crippen molar-refractivity contribution >= 4 is 18.3 Å². The number of carbonyl (C=O) groups excluding carboxylic acids is 1. The lowest BCUT2D eigenvalue weighted by Crippen LogP contribution is -2.42. The molecular weight excluding hydrogens is 260 g/mol. The van der Waals surface area contributed by atoms with E-state index in [-0.39, 0.29) is 18.4 Å². The Morgan fingerprint density at radius 3 is 2.53 bits per heavy atom. The van der Waals surface area contributed by atoms with Crippen molar-refractivity contribution in [1.29, 1.82) is 0 Å². The number of likely N-dealkylation sites (tertiary alicyclic amines) is 1. The highest BCUT2D eigenvalue weighted by molar-refractivity contribution is 5.85. The fraction of sp³-hybridized carbons (Fsp3) is 0.933. The molecule has 1 heterocycles. The average molecular weight is 289 g/mol. The molecule has 2 aliphatic rings. The molecule has 4 heteroatoms. The molecule has 0 aromatic rings. The van der Waals surface area contributed by atoms with E-state index in [1.54, 1.807) is 0 Å². The predicted octanol–water partition coefficient (Wildman–Crippen LogP) is 2.96. The number of nitrogens with two attached hydrogens (primary N) is 1. The Hall–Kier alpha value is -0.280. The van der Waals surface area contributed by atoms with E-state index in [0.29, 0.717) is 30.2 Å². The first kappa shape index (κ1) is 16.8. The van der Waals surface area contributed by atoms with Crippen LogP contribution < -0.4 is 5.73 Å². The Morgan fingerprint density at radius 1 is 1.21 bits per heavy atom. The molecule has 0 radical (unpaired) electrons. The van der Waals surface area contributed by atoms with E-state index in [9.17, 15) is 4.79 Å². The zero-order chi connectivity index (χ0) is 13.1. The summed E-state index contributed by atoms with van der Waals surface area (Å²) in [7, 11) is 0. The molecule has 0 aromatic heterocycles. The van der Waals surface area contributed by atoms with Gasteiger partial charge in [0.15, 0.2) is 0 Å². The van der Waals surface area contributed by atoms with Gasteiger partial charge >= 0.3 is 0 Å². The second-order valence-electron chi connectivity index (χ2n) is 6.45.